The third-order valence-electron chi connectivity index (χ3n) is 4.85. The van der Waals surface area contributed by atoms with E-state index in [9.17, 15) is 4.79 Å². The Morgan fingerprint density at radius 2 is 2.15 bits per heavy atom. The first-order chi connectivity index (χ1) is 12.5. The topological polar surface area (TPSA) is 69.0 Å². The highest BCUT2D eigenvalue weighted by atomic mass is 32.1. The minimum Gasteiger partial charge on any atom is -0.489 e. The molecule has 1 aliphatic heterocycles. The van der Waals surface area contributed by atoms with Crippen LogP contribution in [0.5, 0.6) is 5.75 Å². The van der Waals surface area contributed by atoms with Crippen LogP contribution in [0.25, 0.3) is 21.3 Å². The Bertz CT molecular complexity index is 946. The van der Waals surface area contributed by atoms with E-state index in [1.165, 1.54) is 0 Å². The molecule has 3 aromatic rings. The molecule has 1 fully saturated rings. The maximum absolute atomic E-state index is 11.5. The summed E-state index contributed by atoms with van der Waals surface area (Å²) in [6.45, 7) is 6.91. The largest absolute Gasteiger partial charge is 0.489 e. The highest BCUT2D eigenvalue weighted by Gasteiger charge is 2.28. The lowest BCUT2D eigenvalue weighted by Crippen LogP contribution is -2.25. The molecule has 0 saturated carbocycles. The van der Waals surface area contributed by atoms with Crippen LogP contribution in [0.4, 0.5) is 0 Å². The van der Waals surface area contributed by atoms with Gasteiger partial charge in [-0.25, -0.2) is 4.98 Å². The molecule has 0 aliphatic carbocycles. The number of amides is 1. The number of rotatable bonds is 5. The Balaban J connectivity index is 1.67. The Labute approximate surface area is 156 Å². The minimum atomic E-state index is -0.0483. The maximum atomic E-state index is 11.5. The molecule has 26 heavy (non-hydrogen) atoms. The normalized spacial score (nSPS) is 18.5. The Morgan fingerprint density at radius 3 is 2.85 bits per heavy atom. The molecule has 0 unspecified atom stereocenters. The second kappa shape index (κ2) is 6.72. The van der Waals surface area contributed by atoms with Crippen LogP contribution in [-0.2, 0) is 4.79 Å². The fourth-order valence-corrected chi connectivity index (χ4v) is 3.94. The molecule has 7 heteroatoms. The summed E-state index contributed by atoms with van der Waals surface area (Å²) >= 11 is 1.57. The smallest absolute Gasteiger partial charge is 0.220 e. The van der Waals surface area contributed by atoms with Crippen LogP contribution in [0.2, 0.25) is 0 Å². The molecule has 2 atom stereocenters. The average Bonchev–Trinajstić information content (AvgIpc) is 3.34. The number of ether oxygens (including phenoxy) is 1. The molecule has 1 amide bonds. The van der Waals surface area contributed by atoms with Crippen molar-refractivity contribution in [1.82, 2.24) is 20.1 Å². The van der Waals surface area contributed by atoms with Gasteiger partial charge in [-0.15, -0.1) is 11.3 Å². The zero-order chi connectivity index (χ0) is 18.3. The summed E-state index contributed by atoms with van der Waals surface area (Å²) < 4.78 is 9.27. The third kappa shape index (κ3) is 3.19. The van der Waals surface area contributed by atoms with Gasteiger partial charge in [0.15, 0.2) is 0 Å². The van der Waals surface area contributed by atoms with Crippen molar-refractivity contribution in [3.8, 4) is 16.9 Å². The number of nitrogens with one attached hydrogen (secondary N) is 1. The lowest BCUT2D eigenvalue weighted by atomic mass is 10.0. The van der Waals surface area contributed by atoms with Crippen LogP contribution in [-0.4, -0.2) is 33.3 Å². The van der Waals surface area contributed by atoms with E-state index in [-0.39, 0.29) is 17.9 Å². The van der Waals surface area contributed by atoms with Crippen molar-refractivity contribution >= 4 is 27.5 Å². The number of fused-ring (bicyclic) bond motifs is 1. The molecular formula is C19H22N4O2S. The van der Waals surface area contributed by atoms with Gasteiger partial charge in [0.05, 0.1) is 21.9 Å². The summed E-state index contributed by atoms with van der Waals surface area (Å²) in [7, 11) is 0. The number of hydrogen-bond acceptors (Lipinski definition) is 5. The highest BCUT2D eigenvalue weighted by Crippen LogP contribution is 2.36. The van der Waals surface area contributed by atoms with Crippen molar-refractivity contribution in [3.63, 3.8) is 0 Å². The van der Waals surface area contributed by atoms with Gasteiger partial charge >= 0.3 is 0 Å². The highest BCUT2D eigenvalue weighted by molar-refractivity contribution is 7.17. The van der Waals surface area contributed by atoms with Gasteiger partial charge in [-0.1, -0.05) is 0 Å². The van der Waals surface area contributed by atoms with E-state index in [0.29, 0.717) is 19.0 Å². The van der Waals surface area contributed by atoms with E-state index in [0.717, 1.165) is 27.1 Å². The summed E-state index contributed by atoms with van der Waals surface area (Å²) in [5.74, 6) is 1.12. The van der Waals surface area contributed by atoms with Crippen molar-refractivity contribution in [3.05, 3.63) is 30.0 Å². The van der Waals surface area contributed by atoms with Gasteiger partial charge in [0, 0.05) is 36.7 Å². The fourth-order valence-electron chi connectivity index (χ4n) is 3.22. The summed E-state index contributed by atoms with van der Waals surface area (Å²) in [4.78, 5) is 16.0. The summed E-state index contributed by atoms with van der Waals surface area (Å²) in [6.07, 6.45) is 4.40. The monoisotopic (exact) mass is 370 g/mol. The molecule has 1 aliphatic rings. The number of nitrogens with zero attached hydrogens (tertiary/aromatic N) is 3. The fraction of sp³-hybridized carbons (Fsp3) is 0.421. The van der Waals surface area contributed by atoms with E-state index >= 15 is 0 Å². The molecule has 0 bridgehead atoms. The van der Waals surface area contributed by atoms with E-state index in [1.807, 2.05) is 29.5 Å². The van der Waals surface area contributed by atoms with Crippen LogP contribution in [0.1, 0.15) is 33.2 Å². The van der Waals surface area contributed by atoms with Gasteiger partial charge in [0.25, 0.3) is 0 Å². The van der Waals surface area contributed by atoms with Crippen LogP contribution in [0.3, 0.4) is 0 Å². The Hall–Kier alpha value is -2.41. The minimum absolute atomic E-state index is 0.0483. The second-order valence-corrected chi connectivity index (χ2v) is 7.92. The Morgan fingerprint density at radius 1 is 1.31 bits per heavy atom. The third-order valence-corrected chi connectivity index (χ3v) is 5.70. The van der Waals surface area contributed by atoms with Crippen molar-refractivity contribution in [2.24, 2.45) is 5.92 Å². The molecule has 6 nitrogen and oxygen atoms in total. The lowest BCUT2D eigenvalue weighted by molar-refractivity contribution is -0.119. The SMILES string of the molecule is CC(C)n1cc(-c2cc(O[C@H](C)[C@H]3CNC(=O)C3)c3scnc3c2)cn1. The molecule has 4 rings (SSSR count). The van der Waals surface area contributed by atoms with Gasteiger partial charge in [-0.2, -0.15) is 5.10 Å². The van der Waals surface area contributed by atoms with Crippen LogP contribution in [0, 0.1) is 5.92 Å². The second-order valence-electron chi connectivity index (χ2n) is 7.07. The molecule has 3 heterocycles. The molecule has 0 spiro atoms. The summed E-state index contributed by atoms with van der Waals surface area (Å²) in [5, 5.41) is 7.31. The lowest BCUT2D eigenvalue weighted by Gasteiger charge is -2.20. The predicted molar refractivity (Wildman–Crippen MR) is 102 cm³/mol. The van der Waals surface area contributed by atoms with Crippen molar-refractivity contribution in [1.29, 1.82) is 0 Å². The van der Waals surface area contributed by atoms with E-state index in [2.05, 4.69) is 41.4 Å². The van der Waals surface area contributed by atoms with E-state index < -0.39 is 0 Å². The standard InChI is InChI=1S/C19H22N4O2S/c1-11(2)23-9-15(8-22-23)13-4-16-19(26-10-21-16)17(5-13)25-12(3)14-6-18(24)20-7-14/h4-5,8-12,14H,6-7H2,1-3H3,(H,20,24)/t12-,14-/m1/s1. The number of benzene rings is 1. The quantitative estimate of drug-likeness (QED) is 0.744. The number of carbonyl (C=O) groups excluding carboxylic acids is 1. The van der Waals surface area contributed by atoms with Gasteiger partial charge in [0.1, 0.15) is 11.9 Å². The number of aromatic nitrogens is 3. The summed E-state index contributed by atoms with van der Waals surface area (Å²) in [6, 6.07) is 4.45. The number of thiazole rings is 1. The molecule has 2 aromatic heterocycles. The van der Waals surface area contributed by atoms with Gasteiger partial charge < -0.3 is 10.1 Å². The molecule has 136 valence electrons. The zero-order valence-electron chi connectivity index (χ0n) is 15.1. The van der Waals surface area contributed by atoms with E-state index in [1.54, 1.807) is 11.3 Å². The van der Waals surface area contributed by atoms with E-state index in [4.69, 9.17) is 4.74 Å². The predicted octanol–water partition coefficient (Wildman–Crippen LogP) is 3.64. The maximum Gasteiger partial charge on any atom is 0.220 e. The first-order valence-corrected chi connectivity index (χ1v) is 9.74. The van der Waals surface area contributed by atoms with Gasteiger partial charge in [0.2, 0.25) is 5.91 Å². The first kappa shape index (κ1) is 17.0. The average molecular weight is 370 g/mol. The molecular weight excluding hydrogens is 348 g/mol. The molecule has 0 radical (unpaired) electrons. The van der Waals surface area contributed by atoms with Gasteiger partial charge in [-0.05, 0) is 38.5 Å². The summed E-state index contributed by atoms with van der Waals surface area (Å²) in [5.41, 5.74) is 4.85. The zero-order valence-corrected chi connectivity index (χ0v) is 15.9. The first-order valence-electron chi connectivity index (χ1n) is 8.86. The van der Waals surface area contributed by atoms with Crippen molar-refractivity contribution in [2.75, 3.05) is 6.54 Å². The van der Waals surface area contributed by atoms with Crippen molar-refractivity contribution in [2.45, 2.75) is 39.3 Å². The van der Waals surface area contributed by atoms with Gasteiger partial charge in [-0.3, -0.25) is 9.48 Å². The number of hydrogen-bond donors (Lipinski definition) is 1. The number of carbonyl (C=O) groups is 1. The molecule has 1 saturated heterocycles. The van der Waals surface area contributed by atoms with Crippen molar-refractivity contribution < 1.29 is 9.53 Å². The van der Waals surface area contributed by atoms with Crippen LogP contribution in [0.15, 0.2) is 30.0 Å². The van der Waals surface area contributed by atoms with Crippen LogP contribution < -0.4 is 10.1 Å². The molecule has 1 aromatic carbocycles. The molecule has 1 N–H and O–H groups in total. The Kier molecular flexibility index (Phi) is 4.40. The van der Waals surface area contributed by atoms with Crippen LogP contribution >= 0.6 is 11.3 Å².